The van der Waals surface area contributed by atoms with E-state index in [1.807, 2.05) is 12.1 Å². The summed E-state index contributed by atoms with van der Waals surface area (Å²) < 4.78 is 0. The average Bonchev–Trinajstić information content (AvgIpc) is 3.53. The van der Waals surface area contributed by atoms with Crippen molar-refractivity contribution in [3.05, 3.63) is 71.5 Å². The standard InChI is InChI=1S/C26H27N9O/c1-16-4-6-17(7-5-16)15-34-11-8-19(9-12-34)35(27)26(36)18-13-20-22(32-33-23(20)29-14-18)25-30-21-3-2-10-28-24(21)31-25/h2-7,10,13-14,19H,8-9,11-12,15,27H2,1H3,(H,28,30,31)(H,29,32,33). The number of amides is 1. The molecule has 4 N–H and O–H groups in total. The molecule has 10 heteroatoms. The Morgan fingerprint density at radius 2 is 1.94 bits per heavy atom. The van der Waals surface area contributed by atoms with Crippen LogP contribution >= 0.6 is 0 Å². The first-order valence-electron chi connectivity index (χ1n) is 12.1. The minimum atomic E-state index is -0.250. The molecule has 5 aromatic rings. The number of rotatable bonds is 5. The predicted octanol–water partition coefficient (Wildman–Crippen LogP) is 3.19. The first-order valence-corrected chi connectivity index (χ1v) is 12.1. The van der Waals surface area contributed by atoms with Gasteiger partial charge in [0.05, 0.1) is 17.0 Å². The number of nitrogens with one attached hydrogen (secondary N) is 2. The van der Waals surface area contributed by atoms with Crippen LogP contribution in [0.15, 0.2) is 54.9 Å². The molecule has 36 heavy (non-hydrogen) atoms. The van der Waals surface area contributed by atoms with E-state index in [0.29, 0.717) is 33.8 Å². The summed E-state index contributed by atoms with van der Waals surface area (Å²) in [6.45, 7) is 4.79. The number of hydrogen-bond donors (Lipinski definition) is 3. The van der Waals surface area contributed by atoms with E-state index in [9.17, 15) is 4.79 Å². The highest BCUT2D eigenvalue weighted by molar-refractivity contribution is 5.99. The third kappa shape index (κ3) is 4.21. The lowest BCUT2D eigenvalue weighted by Crippen LogP contribution is -2.50. The number of nitrogens with zero attached hydrogens (tertiary/aromatic N) is 6. The number of H-pyrrole nitrogens is 2. The number of hydrogen-bond acceptors (Lipinski definition) is 7. The first kappa shape index (κ1) is 22.3. The quantitative estimate of drug-likeness (QED) is 0.199. The van der Waals surface area contributed by atoms with Gasteiger partial charge in [-0.3, -0.25) is 19.8 Å². The van der Waals surface area contributed by atoms with E-state index >= 15 is 0 Å². The van der Waals surface area contributed by atoms with Crippen LogP contribution in [0.2, 0.25) is 0 Å². The molecule has 182 valence electrons. The minimum absolute atomic E-state index is 0.0206. The Kier molecular flexibility index (Phi) is 5.67. The summed E-state index contributed by atoms with van der Waals surface area (Å²) in [7, 11) is 0. The van der Waals surface area contributed by atoms with Gasteiger partial charge in [-0.2, -0.15) is 5.10 Å². The Bertz CT molecular complexity index is 1500. The maximum Gasteiger partial charge on any atom is 0.269 e. The highest BCUT2D eigenvalue weighted by Gasteiger charge is 2.27. The molecule has 1 aliphatic rings. The maximum absolute atomic E-state index is 13.3. The molecule has 5 heterocycles. The van der Waals surface area contributed by atoms with Crippen LogP contribution in [-0.4, -0.2) is 65.1 Å². The second-order valence-corrected chi connectivity index (χ2v) is 9.35. The van der Waals surface area contributed by atoms with Gasteiger partial charge in [0.2, 0.25) is 0 Å². The van der Waals surface area contributed by atoms with Crippen LogP contribution in [0, 0.1) is 6.92 Å². The molecule has 1 amide bonds. The van der Waals surface area contributed by atoms with Gasteiger partial charge >= 0.3 is 0 Å². The number of aromatic nitrogens is 6. The van der Waals surface area contributed by atoms with Crippen LogP contribution in [0.3, 0.4) is 0 Å². The van der Waals surface area contributed by atoms with Crippen molar-refractivity contribution < 1.29 is 4.79 Å². The minimum Gasteiger partial charge on any atom is -0.321 e. The van der Waals surface area contributed by atoms with Gasteiger partial charge in [0.25, 0.3) is 5.91 Å². The highest BCUT2D eigenvalue weighted by Crippen LogP contribution is 2.26. The Hall–Kier alpha value is -4.15. The lowest BCUT2D eigenvalue weighted by molar-refractivity contribution is 0.0564. The molecule has 4 aromatic heterocycles. The molecule has 0 atom stereocenters. The van der Waals surface area contributed by atoms with Crippen molar-refractivity contribution in [1.82, 2.24) is 40.0 Å². The second-order valence-electron chi connectivity index (χ2n) is 9.35. The lowest BCUT2D eigenvalue weighted by atomic mass is 10.0. The third-order valence-electron chi connectivity index (χ3n) is 6.85. The van der Waals surface area contributed by atoms with Crippen molar-refractivity contribution in [1.29, 1.82) is 0 Å². The van der Waals surface area contributed by atoms with Gasteiger partial charge in [-0.25, -0.2) is 20.8 Å². The van der Waals surface area contributed by atoms with Crippen molar-refractivity contribution in [2.24, 2.45) is 5.84 Å². The normalized spacial score (nSPS) is 15.1. The van der Waals surface area contributed by atoms with E-state index in [-0.39, 0.29) is 11.9 Å². The van der Waals surface area contributed by atoms with Gasteiger partial charge in [-0.05, 0) is 43.5 Å². The molecule has 1 saturated heterocycles. The largest absolute Gasteiger partial charge is 0.321 e. The Labute approximate surface area is 207 Å². The van der Waals surface area contributed by atoms with Crippen LogP contribution in [0.4, 0.5) is 0 Å². The highest BCUT2D eigenvalue weighted by atomic mass is 16.2. The molecule has 10 nitrogen and oxygen atoms in total. The van der Waals surface area contributed by atoms with E-state index in [2.05, 4.69) is 66.2 Å². The number of aromatic amines is 2. The molecule has 0 radical (unpaired) electrons. The van der Waals surface area contributed by atoms with E-state index in [4.69, 9.17) is 5.84 Å². The van der Waals surface area contributed by atoms with Gasteiger partial charge in [0.1, 0.15) is 11.2 Å². The van der Waals surface area contributed by atoms with Crippen molar-refractivity contribution in [3.63, 3.8) is 0 Å². The van der Waals surface area contributed by atoms with Gasteiger partial charge in [0, 0.05) is 32.0 Å². The third-order valence-corrected chi connectivity index (χ3v) is 6.85. The molecule has 0 saturated carbocycles. The fraction of sp³-hybridized carbons (Fsp3) is 0.269. The van der Waals surface area contributed by atoms with Crippen LogP contribution in [-0.2, 0) is 6.54 Å². The van der Waals surface area contributed by atoms with E-state index < -0.39 is 0 Å². The predicted molar refractivity (Wildman–Crippen MR) is 137 cm³/mol. The summed E-state index contributed by atoms with van der Waals surface area (Å²) in [6.07, 6.45) is 4.90. The number of likely N-dealkylation sites (tertiary alicyclic amines) is 1. The number of hydrazine groups is 1. The van der Waals surface area contributed by atoms with Crippen LogP contribution in [0.1, 0.15) is 34.3 Å². The summed E-state index contributed by atoms with van der Waals surface area (Å²) in [4.78, 5) is 32.2. The molecule has 1 aliphatic heterocycles. The van der Waals surface area contributed by atoms with Crippen molar-refractivity contribution >= 4 is 28.1 Å². The summed E-state index contributed by atoms with van der Waals surface area (Å²) in [6, 6.07) is 14.1. The zero-order valence-electron chi connectivity index (χ0n) is 20.0. The molecular formula is C26H27N9O. The summed E-state index contributed by atoms with van der Waals surface area (Å²) in [5, 5.41) is 9.35. The number of fused-ring (bicyclic) bond motifs is 2. The summed E-state index contributed by atoms with van der Waals surface area (Å²) in [5.41, 5.74) is 5.55. The van der Waals surface area contributed by atoms with Gasteiger partial charge < -0.3 is 4.98 Å². The van der Waals surface area contributed by atoms with Gasteiger partial charge in [-0.15, -0.1) is 0 Å². The molecule has 6 rings (SSSR count). The zero-order chi connectivity index (χ0) is 24.6. The number of aryl methyl sites for hydroxylation is 1. The molecular weight excluding hydrogens is 454 g/mol. The van der Waals surface area contributed by atoms with Gasteiger partial charge in [-0.1, -0.05) is 29.8 Å². The molecule has 1 aromatic carbocycles. The topological polar surface area (TPSA) is 133 Å². The fourth-order valence-electron chi connectivity index (χ4n) is 4.78. The molecule has 0 bridgehead atoms. The van der Waals surface area contributed by atoms with E-state index in [0.717, 1.165) is 38.0 Å². The fourth-order valence-corrected chi connectivity index (χ4v) is 4.78. The molecule has 0 aliphatic carbocycles. The van der Waals surface area contributed by atoms with Crippen LogP contribution in [0.5, 0.6) is 0 Å². The van der Waals surface area contributed by atoms with Crippen molar-refractivity contribution in [3.8, 4) is 11.5 Å². The molecule has 0 unspecified atom stereocenters. The summed E-state index contributed by atoms with van der Waals surface area (Å²) >= 11 is 0. The Morgan fingerprint density at radius 3 is 2.72 bits per heavy atom. The summed E-state index contributed by atoms with van der Waals surface area (Å²) in [5.74, 6) is 6.66. The second kappa shape index (κ2) is 9.14. The first-order chi connectivity index (χ1) is 17.5. The molecule has 1 fully saturated rings. The van der Waals surface area contributed by atoms with Crippen LogP contribution in [0.25, 0.3) is 33.7 Å². The number of carbonyl (C=O) groups is 1. The lowest BCUT2D eigenvalue weighted by Gasteiger charge is -2.36. The monoisotopic (exact) mass is 481 g/mol. The zero-order valence-corrected chi connectivity index (χ0v) is 20.0. The number of nitrogens with two attached hydrogens (primary N) is 1. The van der Waals surface area contributed by atoms with Crippen molar-refractivity contribution in [2.75, 3.05) is 13.1 Å². The van der Waals surface area contributed by atoms with E-state index in [1.165, 1.54) is 16.1 Å². The van der Waals surface area contributed by atoms with Crippen molar-refractivity contribution in [2.45, 2.75) is 32.4 Å². The number of piperidine rings is 1. The SMILES string of the molecule is Cc1ccc(CN2CCC(N(N)C(=O)c3cnc4[nH]nc(-c5nc6cccnc6[nH]5)c4c3)CC2)cc1. The number of pyridine rings is 2. The number of carbonyl (C=O) groups excluding carboxylic acids is 1. The average molecular weight is 482 g/mol. The van der Waals surface area contributed by atoms with E-state index in [1.54, 1.807) is 18.5 Å². The Balaban J connectivity index is 1.16. The van der Waals surface area contributed by atoms with Crippen LogP contribution < -0.4 is 5.84 Å². The van der Waals surface area contributed by atoms with Gasteiger partial charge in [0.15, 0.2) is 17.1 Å². The number of benzene rings is 1. The smallest absolute Gasteiger partial charge is 0.269 e. The molecule has 0 spiro atoms. The number of imidazole rings is 1. The Morgan fingerprint density at radius 1 is 1.14 bits per heavy atom. The maximum atomic E-state index is 13.3.